The maximum Gasteiger partial charge on any atom is 0.322 e. The van der Waals surface area contributed by atoms with Crippen LogP contribution in [-0.2, 0) is 16.1 Å². The Bertz CT molecular complexity index is 337. The summed E-state index contributed by atoms with van der Waals surface area (Å²) in [6, 6.07) is 7.70. The Kier molecular flexibility index (Phi) is 5.49. The highest BCUT2D eigenvalue weighted by Crippen LogP contribution is 2.10. The molecule has 0 aromatic heterocycles. The van der Waals surface area contributed by atoms with E-state index >= 15 is 0 Å². The summed E-state index contributed by atoms with van der Waals surface area (Å²) in [4.78, 5) is 11.3. The van der Waals surface area contributed by atoms with Gasteiger partial charge in [-0.1, -0.05) is 28.1 Å². The predicted molar refractivity (Wildman–Crippen MR) is 67.1 cm³/mol. The number of rotatable bonds is 5. The summed E-state index contributed by atoms with van der Waals surface area (Å²) in [5.41, 5.74) is 1.14. The summed E-state index contributed by atoms with van der Waals surface area (Å²) >= 11 is 3.37. The van der Waals surface area contributed by atoms with Crippen LogP contribution in [0.1, 0.15) is 19.4 Å². The van der Waals surface area contributed by atoms with Gasteiger partial charge in [0.05, 0.1) is 6.61 Å². The number of hydrogen-bond donors (Lipinski definition) is 1. The fourth-order valence-electron chi connectivity index (χ4n) is 1.22. The molecule has 0 saturated heterocycles. The first kappa shape index (κ1) is 13.2. The molecule has 0 saturated carbocycles. The normalized spacial score (nSPS) is 12.2. The highest BCUT2D eigenvalue weighted by atomic mass is 79.9. The molecule has 1 N–H and O–H groups in total. The largest absolute Gasteiger partial charge is 0.465 e. The Labute approximate surface area is 104 Å². The van der Waals surface area contributed by atoms with Gasteiger partial charge >= 0.3 is 5.97 Å². The van der Waals surface area contributed by atoms with Crippen LogP contribution < -0.4 is 5.32 Å². The van der Waals surface area contributed by atoms with Gasteiger partial charge in [0.25, 0.3) is 0 Å². The van der Waals surface area contributed by atoms with Crippen molar-refractivity contribution in [2.75, 3.05) is 6.61 Å². The van der Waals surface area contributed by atoms with E-state index in [1.807, 2.05) is 24.3 Å². The number of nitrogens with one attached hydrogen (secondary N) is 1. The van der Waals surface area contributed by atoms with E-state index in [1.165, 1.54) is 0 Å². The third-order valence-corrected chi connectivity index (χ3v) is 2.69. The van der Waals surface area contributed by atoms with Crippen LogP contribution in [-0.4, -0.2) is 18.6 Å². The number of benzene rings is 1. The van der Waals surface area contributed by atoms with Crippen molar-refractivity contribution in [3.63, 3.8) is 0 Å². The molecule has 4 heteroatoms. The Morgan fingerprint density at radius 3 is 2.62 bits per heavy atom. The molecule has 0 radical (unpaired) electrons. The summed E-state index contributed by atoms with van der Waals surface area (Å²) in [6.45, 7) is 4.69. The van der Waals surface area contributed by atoms with Gasteiger partial charge in [0.1, 0.15) is 6.04 Å². The van der Waals surface area contributed by atoms with Crippen LogP contribution in [0, 0.1) is 0 Å². The standard InChI is InChI=1S/C12H16BrNO2/c1-3-16-12(15)9(2)14-8-10-4-6-11(13)7-5-10/h4-7,9,14H,3,8H2,1-2H3/t9-/m0/s1. The monoisotopic (exact) mass is 285 g/mol. The zero-order valence-electron chi connectivity index (χ0n) is 9.50. The first-order chi connectivity index (χ1) is 7.63. The Morgan fingerprint density at radius 2 is 2.06 bits per heavy atom. The number of ether oxygens (including phenoxy) is 1. The van der Waals surface area contributed by atoms with Crippen LogP contribution >= 0.6 is 15.9 Å². The molecular weight excluding hydrogens is 270 g/mol. The first-order valence-electron chi connectivity index (χ1n) is 5.28. The fourth-order valence-corrected chi connectivity index (χ4v) is 1.49. The van der Waals surface area contributed by atoms with Crippen LogP contribution in [0.4, 0.5) is 0 Å². The van der Waals surface area contributed by atoms with E-state index in [2.05, 4.69) is 21.2 Å². The quantitative estimate of drug-likeness (QED) is 0.845. The number of carbonyl (C=O) groups is 1. The van der Waals surface area contributed by atoms with Gasteiger partial charge in [0, 0.05) is 11.0 Å². The van der Waals surface area contributed by atoms with Crippen molar-refractivity contribution < 1.29 is 9.53 Å². The average Bonchev–Trinajstić information content (AvgIpc) is 2.28. The van der Waals surface area contributed by atoms with Crippen LogP contribution in [0.2, 0.25) is 0 Å². The van der Waals surface area contributed by atoms with Crippen molar-refractivity contribution in [2.24, 2.45) is 0 Å². The van der Waals surface area contributed by atoms with Crippen LogP contribution in [0.25, 0.3) is 0 Å². The molecule has 0 aliphatic rings. The molecule has 0 heterocycles. The number of halogens is 1. The number of esters is 1. The minimum absolute atomic E-state index is 0.209. The SMILES string of the molecule is CCOC(=O)[C@H](C)NCc1ccc(Br)cc1. The van der Waals surface area contributed by atoms with Gasteiger partial charge < -0.3 is 10.1 Å². The van der Waals surface area contributed by atoms with Crippen molar-refractivity contribution in [3.8, 4) is 0 Å². The van der Waals surface area contributed by atoms with E-state index in [0.29, 0.717) is 13.2 Å². The maximum absolute atomic E-state index is 11.3. The number of hydrogen-bond acceptors (Lipinski definition) is 3. The lowest BCUT2D eigenvalue weighted by atomic mass is 10.2. The molecule has 88 valence electrons. The van der Waals surface area contributed by atoms with Crippen molar-refractivity contribution in [1.29, 1.82) is 0 Å². The van der Waals surface area contributed by atoms with Gasteiger partial charge in [-0.3, -0.25) is 4.79 Å². The Balaban J connectivity index is 2.39. The molecule has 0 amide bonds. The lowest BCUT2D eigenvalue weighted by Gasteiger charge is -2.12. The van der Waals surface area contributed by atoms with Gasteiger partial charge in [-0.25, -0.2) is 0 Å². The lowest BCUT2D eigenvalue weighted by molar-refractivity contribution is -0.145. The van der Waals surface area contributed by atoms with Crippen LogP contribution in [0.3, 0.4) is 0 Å². The second-order valence-corrected chi connectivity index (χ2v) is 4.40. The molecule has 0 unspecified atom stereocenters. The van der Waals surface area contributed by atoms with Crippen LogP contribution in [0.15, 0.2) is 28.7 Å². The van der Waals surface area contributed by atoms with Crippen LogP contribution in [0.5, 0.6) is 0 Å². The summed E-state index contributed by atoms with van der Waals surface area (Å²) < 4.78 is 5.95. The molecule has 1 aromatic rings. The van der Waals surface area contributed by atoms with Gasteiger partial charge in [-0.15, -0.1) is 0 Å². The summed E-state index contributed by atoms with van der Waals surface area (Å²) in [6.07, 6.45) is 0. The van der Waals surface area contributed by atoms with Gasteiger partial charge in [0.15, 0.2) is 0 Å². The zero-order valence-corrected chi connectivity index (χ0v) is 11.1. The molecule has 1 atom stereocenters. The van der Waals surface area contributed by atoms with E-state index in [9.17, 15) is 4.79 Å². The third kappa shape index (κ3) is 4.33. The smallest absolute Gasteiger partial charge is 0.322 e. The summed E-state index contributed by atoms with van der Waals surface area (Å²) in [5.74, 6) is -0.209. The third-order valence-electron chi connectivity index (χ3n) is 2.17. The molecule has 3 nitrogen and oxygen atoms in total. The van der Waals surface area contributed by atoms with E-state index in [1.54, 1.807) is 13.8 Å². The summed E-state index contributed by atoms with van der Waals surface area (Å²) in [5, 5.41) is 3.11. The molecule has 16 heavy (non-hydrogen) atoms. The molecule has 0 fully saturated rings. The predicted octanol–water partition coefficient (Wildman–Crippen LogP) is 2.49. The first-order valence-corrected chi connectivity index (χ1v) is 6.07. The van der Waals surface area contributed by atoms with Gasteiger partial charge in [0.2, 0.25) is 0 Å². The highest BCUT2D eigenvalue weighted by Gasteiger charge is 2.12. The molecule has 0 spiro atoms. The summed E-state index contributed by atoms with van der Waals surface area (Å²) in [7, 11) is 0. The molecule has 0 bridgehead atoms. The van der Waals surface area contributed by atoms with Crippen molar-refractivity contribution in [3.05, 3.63) is 34.3 Å². The Morgan fingerprint density at radius 1 is 1.44 bits per heavy atom. The Hall–Kier alpha value is -0.870. The minimum Gasteiger partial charge on any atom is -0.465 e. The highest BCUT2D eigenvalue weighted by molar-refractivity contribution is 9.10. The van der Waals surface area contributed by atoms with E-state index in [0.717, 1.165) is 10.0 Å². The molecule has 1 rings (SSSR count). The lowest BCUT2D eigenvalue weighted by Crippen LogP contribution is -2.34. The second kappa shape index (κ2) is 6.66. The molecule has 0 aliphatic carbocycles. The van der Waals surface area contributed by atoms with E-state index in [4.69, 9.17) is 4.74 Å². The van der Waals surface area contributed by atoms with Gasteiger partial charge in [-0.05, 0) is 31.5 Å². The molecular formula is C12H16BrNO2. The maximum atomic E-state index is 11.3. The average molecular weight is 286 g/mol. The van der Waals surface area contributed by atoms with Crippen molar-refractivity contribution in [2.45, 2.75) is 26.4 Å². The van der Waals surface area contributed by atoms with E-state index in [-0.39, 0.29) is 12.0 Å². The number of carbonyl (C=O) groups excluding carboxylic acids is 1. The zero-order chi connectivity index (χ0) is 12.0. The van der Waals surface area contributed by atoms with Crippen molar-refractivity contribution in [1.82, 2.24) is 5.32 Å². The van der Waals surface area contributed by atoms with Gasteiger partial charge in [-0.2, -0.15) is 0 Å². The topological polar surface area (TPSA) is 38.3 Å². The second-order valence-electron chi connectivity index (χ2n) is 3.48. The fraction of sp³-hybridized carbons (Fsp3) is 0.417. The molecule has 1 aromatic carbocycles. The molecule has 0 aliphatic heterocycles. The van der Waals surface area contributed by atoms with E-state index < -0.39 is 0 Å². The van der Waals surface area contributed by atoms with Crippen molar-refractivity contribution >= 4 is 21.9 Å². The minimum atomic E-state index is -0.274.